The van der Waals surface area contributed by atoms with Gasteiger partial charge in [-0.1, -0.05) is 18.2 Å². The molecule has 11 heteroatoms. The number of para-hydroxylation sites is 1. The summed E-state index contributed by atoms with van der Waals surface area (Å²) < 4.78 is 43.7. The zero-order valence-electron chi connectivity index (χ0n) is 21.7. The fourth-order valence-corrected chi connectivity index (χ4v) is 4.93. The summed E-state index contributed by atoms with van der Waals surface area (Å²) in [5.74, 6) is 0.708. The molecule has 0 atom stereocenters. The van der Waals surface area contributed by atoms with E-state index < -0.39 is 6.36 Å². The van der Waals surface area contributed by atoms with E-state index in [4.69, 9.17) is 4.99 Å². The first kappa shape index (κ1) is 29.1. The van der Waals surface area contributed by atoms with Crippen molar-refractivity contribution in [3.05, 3.63) is 54.1 Å². The van der Waals surface area contributed by atoms with E-state index in [0.717, 1.165) is 80.8 Å². The number of halogens is 3. The fraction of sp³-hybridized carbons (Fsp3) is 0.500. The van der Waals surface area contributed by atoms with Crippen molar-refractivity contribution in [3.8, 4) is 5.75 Å². The van der Waals surface area contributed by atoms with Crippen molar-refractivity contribution >= 4 is 23.5 Å². The third kappa shape index (κ3) is 10.4. The number of ether oxygens (including phenoxy) is 1. The zero-order chi connectivity index (χ0) is 26.7. The van der Waals surface area contributed by atoms with Crippen LogP contribution in [0.4, 0.5) is 18.9 Å². The van der Waals surface area contributed by atoms with Crippen LogP contribution in [0.2, 0.25) is 0 Å². The van der Waals surface area contributed by atoms with Gasteiger partial charge in [-0.05, 0) is 69.3 Å². The summed E-state index contributed by atoms with van der Waals surface area (Å²) in [6.45, 7) is 6.81. The van der Waals surface area contributed by atoms with Gasteiger partial charge >= 0.3 is 6.36 Å². The molecule has 7 nitrogen and oxygen atoms in total. The fourth-order valence-electron chi connectivity index (χ4n) is 3.98. The molecule has 0 saturated carbocycles. The second-order valence-corrected chi connectivity index (χ2v) is 10.2. The van der Waals surface area contributed by atoms with Crippen molar-refractivity contribution in [1.29, 1.82) is 0 Å². The van der Waals surface area contributed by atoms with Gasteiger partial charge in [-0.2, -0.15) is 0 Å². The van der Waals surface area contributed by atoms with Crippen LogP contribution in [0, 0.1) is 0 Å². The minimum absolute atomic E-state index is 0.193. The van der Waals surface area contributed by atoms with Crippen LogP contribution in [0.1, 0.15) is 12.0 Å². The molecule has 0 spiro atoms. The first-order valence-corrected chi connectivity index (χ1v) is 13.2. The third-order valence-corrected chi connectivity index (χ3v) is 6.90. The van der Waals surface area contributed by atoms with Gasteiger partial charge in [0.1, 0.15) is 11.6 Å². The Bertz CT molecular complexity index is 996. The van der Waals surface area contributed by atoms with E-state index in [1.807, 2.05) is 25.2 Å². The molecule has 37 heavy (non-hydrogen) atoms. The Morgan fingerprint density at radius 1 is 1.08 bits per heavy atom. The first-order valence-electron chi connectivity index (χ1n) is 12.4. The van der Waals surface area contributed by atoms with E-state index in [0.29, 0.717) is 0 Å². The summed E-state index contributed by atoms with van der Waals surface area (Å²) >= 11 is 1.46. The Kier molecular flexibility index (Phi) is 11.4. The number of hydrogen-bond donors (Lipinski definition) is 2. The molecule has 0 radical (unpaired) electrons. The maximum Gasteiger partial charge on any atom is 0.573 e. The average molecular weight is 539 g/mol. The summed E-state index contributed by atoms with van der Waals surface area (Å²) in [4.78, 5) is 10.2. The number of nitrogens with zero attached hydrogens (tertiary/aromatic N) is 4. The van der Waals surface area contributed by atoms with Crippen LogP contribution in [0.15, 0.2) is 58.4 Å². The van der Waals surface area contributed by atoms with Crippen LogP contribution in [-0.2, 0) is 0 Å². The smallest absolute Gasteiger partial charge is 0.406 e. The Morgan fingerprint density at radius 3 is 2.54 bits per heavy atom. The van der Waals surface area contributed by atoms with E-state index in [1.54, 1.807) is 12.1 Å². The minimum Gasteiger partial charge on any atom is -0.406 e. The maximum absolute atomic E-state index is 12.5. The van der Waals surface area contributed by atoms with Gasteiger partial charge in [-0.25, -0.2) is 4.31 Å². The minimum atomic E-state index is -4.69. The molecule has 0 aromatic heterocycles. The molecule has 2 aromatic carbocycles. The molecule has 0 amide bonds. The number of nitrogens with one attached hydrogen (secondary N) is 2. The molecule has 0 aliphatic carbocycles. The molecule has 0 unspecified atom stereocenters. The SMILES string of the molecule is CNc1ccccc1C(=NCCCN(C)C)NCCN1CCN(Sc2cccc(OC(F)(F)F)c2)CC1. The average Bonchev–Trinajstić information content (AvgIpc) is 2.85. The Labute approximate surface area is 222 Å². The zero-order valence-corrected chi connectivity index (χ0v) is 22.5. The van der Waals surface area contributed by atoms with E-state index in [9.17, 15) is 13.2 Å². The standard InChI is InChI=1S/C26H37F3N6OS/c1-30-24-11-5-4-10-23(24)25(31-12-7-14-33(2)3)32-13-15-34-16-18-35(19-17-34)37-22-9-6-8-21(20-22)36-26(27,28)29/h4-6,8-11,20,30H,7,12-19H2,1-3H3,(H,31,32). The van der Waals surface area contributed by atoms with Gasteiger partial charge in [0.25, 0.3) is 0 Å². The monoisotopic (exact) mass is 538 g/mol. The summed E-state index contributed by atoms with van der Waals surface area (Å²) in [5, 5.41) is 6.81. The normalized spacial score (nSPS) is 15.7. The van der Waals surface area contributed by atoms with Gasteiger partial charge in [0, 0.05) is 69.0 Å². The number of alkyl halides is 3. The highest BCUT2D eigenvalue weighted by Crippen LogP contribution is 2.29. The maximum atomic E-state index is 12.5. The molecule has 1 aliphatic heterocycles. The van der Waals surface area contributed by atoms with Gasteiger partial charge < -0.3 is 20.3 Å². The quantitative estimate of drug-likeness (QED) is 0.182. The lowest BCUT2D eigenvalue weighted by molar-refractivity contribution is -0.274. The predicted molar refractivity (Wildman–Crippen MR) is 146 cm³/mol. The second-order valence-electron chi connectivity index (χ2n) is 8.99. The third-order valence-electron chi connectivity index (χ3n) is 5.81. The largest absolute Gasteiger partial charge is 0.573 e. The summed E-state index contributed by atoms with van der Waals surface area (Å²) in [6.07, 6.45) is -3.69. The Hall–Kier alpha value is -2.47. The van der Waals surface area contributed by atoms with E-state index in [2.05, 4.69) is 49.6 Å². The topological polar surface area (TPSA) is 55.4 Å². The number of rotatable bonds is 12. The molecular formula is C26H37F3N6OS. The number of anilines is 1. The molecule has 3 rings (SSSR count). The van der Waals surface area contributed by atoms with Gasteiger partial charge in [-0.3, -0.25) is 9.89 Å². The lowest BCUT2D eigenvalue weighted by Crippen LogP contribution is -2.46. The van der Waals surface area contributed by atoms with Gasteiger partial charge in [0.2, 0.25) is 0 Å². The molecule has 1 aliphatic rings. The van der Waals surface area contributed by atoms with Crippen molar-refractivity contribution < 1.29 is 17.9 Å². The summed E-state index contributed by atoms with van der Waals surface area (Å²) in [7, 11) is 6.05. The molecule has 1 fully saturated rings. The van der Waals surface area contributed by atoms with E-state index in [-0.39, 0.29) is 5.75 Å². The van der Waals surface area contributed by atoms with Crippen molar-refractivity contribution in [2.75, 3.05) is 78.8 Å². The van der Waals surface area contributed by atoms with Crippen molar-refractivity contribution in [3.63, 3.8) is 0 Å². The van der Waals surface area contributed by atoms with Crippen LogP contribution >= 0.6 is 11.9 Å². The molecule has 204 valence electrons. The second kappa shape index (κ2) is 14.5. The van der Waals surface area contributed by atoms with Crippen molar-refractivity contribution in [2.24, 2.45) is 4.99 Å². The number of piperazine rings is 1. The number of amidine groups is 1. The molecular weight excluding hydrogens is 501 g/mol. The van der Waals surface area contributed by atoms with Crippen LogP contribution in [0.3, 0.4) is 0 Å². The lowest BCUT2D eigenvalue weighted by atomic mass is 10.1. The van der Waals surface area contributed by atoms with Crippen LogP contribution in [0.25, 0.3) is 0 Å². The number of hydrogen-bond acceptors (Lipinski definition) is 7. The van der Waals surface area contributed by atoms with Gasteiger partial charge in [-0.15, -0.1) is 13.2 Å². The predicted octanol–water partition coefficient (Wildman–Crippen LogP) is 4.24. The van der Waals surface area contributed by atoms with Crippen LogP contribution < -0.4 is 15.4 Å². The summed E-state index contributed by atoms with van der Waals surface area (Å²) in [6, 6.07) is 14.3. The molecule has 1 heterocycles. The first-order chi connectivity index (χ1) is 17.7. The number of benzene rings is 2. The van der Waals surface area contributed by atoms with Crippen molar-refractivity contribution in [2.45, 2.75) is 17.7 Å². The number of aliphatic imine (C=N–C) groups is 1. The highest BCUT2D eigenvalue weighted by Gasteiger charge is 2.31. The molecule has 2 N–H and O–H groups in total. The van der Waals surface area contributed by atoms with E-state index >= 15 is 0 Å². The van der Waals surface area contributed by atoms with Crippen LogP contribution in [-0.4, -0.2) is 99.8 Å². The highest BCUT2D eigenvalue weighted by molar-refractivity contribution is 7.97. The lowest BCUT2D eigenvalue weighted by Gasteiger charge is -2.34. The molecule has 1 saturated heterocycles. The van der Waals surface area contributed by atoms with E-state index in [1.165, 1.54) is 24.1 Å². The Morgan fingerprint density at radius 2 is 1.84 bits per heavy atom. The van der Waals surface area contributed by atoms with Crippen molar-refractivity contribution in [1.82, 2.24) is 19.4 Å². The summed E-state index contributed by atoms with van der Waals surface area (Å²) in [5.41, 5.74) is 2.10. The molecule has 0 bridgehead atoms. The van der Waals surface area contributed by atoms with Crippen LogP contribution in [0.5, 0.6) is 5.75 Å². The molecule has 2 aromatic rings. The van der Waals surface area contributed by atoms with Gasteiger partial charge in [0.05, 0.1) is 0 Å². The Balaban J connectivity index is 1.48. The van der Waals surface area contributed by atoms with Gasteiger partial charge in [0.15, 0.2) is 0 Å². The highest BCUT2D eigenvalue weighted by atomic mass is 32.2.